The molecule has 0 fully saturated rings. The molecule has 1 aromatic heterocycles. The Bertz CT molecular complexity index is 933. The van der Waals surface area contributed by atoms with Crippen LogP contribution in [0.1, 0.15) is 12.0 Å². The second kappa shape index (κ2) is 7.59. The maximum absolute atomic E-state index is 2.47. The van der Waals surface area contributed by atoms with E-state index in [2.05, 4.69) is 84.3 Å². The van der Waals surface area contributed by atoms with Crippen molar-refractivity contribution in [1.82, 2.24) is 4.57 Å². The van der Waals surface area contributed by atoms with E-state index in [-0.39, 0.29) is 0 Å². The van der Waals surface area contributed by atoms with Crippen LogP contribution in [-0.4, -0.2) is 10.3 Å². The number of para-hydroxylation sites is 2. The van der Waals surface area contributed by atoms with Crippen LogP contribution in [0.2, 0.25) is 0 Å². The predicted molar refractivity (Wildman–Crippen MR) is 114 cm³/mol. The highest BCUT2D eigenvalue weighted by Crippen LogP contribution is 2.32. The summed E-state index contributed by atoms with van der Waals surface area (Å²) in [5, 5.41) is 2.72. The van der Waals surface area contributed by atoms with Crippen molar-refractivity contribution in [2.24, 2.45) is 0 Å². The Labute approximate surface area is 156 Å². The summed E-state index contributed by atoms with van der Waals surface area (Å²) >= 11 is 0. The maximum Gasteiger partial charge on any atom is 0.0491 e. The smallest absolute Gasteiger partial charge is 0.0491 e. The van der Waals surface area contributed by atoms with E-state index in [0.717, 1.165) is 12.3 Å². The molecule has 0 N–H and O–H groups in total. The molecular weight excluding hydrogens is 342 g/mol. The van der Waals surface area contributed by atoms with Gasteiger partial charge in [0.05, 0.1) is 0 Å². The third-order valence-electron chi connectivity index (χ3n) is 4.47. The summed E-state index contributed by atoms with van der Waals surface area (Å²) in [6.45, 7) is 3.20. The topological polar surface area (TPSA) is 4.93 Å². The molecule has 0 amide bonds. The fourth-order valence-corrected chi connectivity index (χ4v) is 5.29. The van der Waals surface area contributed by atoms with Gasteiger partial charge in [-0.3, -0.25) is 0 Å². The minimum Gasteiger partial charge on any atom is -0.340 e. The van der Waals surface area contributed by atoms with Crippen molar-refractivity contribution >= 4 is 43.4 Å². The number of aromatic nitrogens is 1. The number of fused-ring (bicyclic) bond motifs is 3. The minimum atomic E-state index is 1.06. The van der Waals surface area contributed by atoms with Crippen molar-refractivity contribution in [1.29, 1.82) is 0 Å². The van der Waals surface area contributed by atoms with E-state index >= 15 is 0 Å². The van der Waals surface area contributed by atoms with Crippen LogP contribution in [0.3, 0.4) is 0 Å². The summed E-state index contributed by atoms with van der Waals surface area (Å²) in [4.78, 5) is 1.34. The van der Waals surface area contributed by atoms with Crippen molar-refractivity contribution in [2.45, 2.75) is 24.8 Å². The van der Waals surface area contributed by atoms with Crippen LogP contribution >= 0.6 is 21.6 Å². The van der Waals surface area contributed by atoms with Crippen LogP contribution in [0.25, 0.3) is 21.8 Å². The molecule has 1 nitrogen and oxygen atoms in total. The first-order chi connectivity index (χ1) is 12.3. The van der Waals surface area contributed by atoms with Gasteiger partial charge >= 0.3 is 0 Å². The van der Waals surface area contributed by atoms with Gasteiger partial charge in [-0.2, -0.15) is 0 Å². The number of nitrogens with zero attached hydrogens (tertiary/aromatic N) is 1. The van der Waals surface area contributed by atoms with Gasteiger partial charge < -0.3 is 4.57 Å². The number of benzene rings is 3. The zero-order valence-corrected chi connectivity index (χ0v) is 15.9. The molecule has 1 heterocycles. The summed E-state index contributed by atoms with van der Waals surface area (Å²) in [6.07, 6.45) is 1.17. The quantitative estimate of drug-likeness (QED) is 0.270. The summed E-state index contributed by atoms with van der Waals surface area (Å²) in [7, 11) is 3.83. The fourth-order valence-electron chi connectivity index (χ4n) is 3.23. The average Bonchev–Trinajstić information content (AvgIpc) is 2.97. The fraction of sp³-hybridized carbons (Fsp3) is 0.182. The Hall–Kier alpha value is -1.84. The normalized spacial score (nSPS) is 11.4. The third kappa shape index (κ3) is 3.58. The number of aryl methyl sites for hydroxylation is 2. The van der Waals surface area contributed by atoms with E-state index in [0.29, 0.717) is 0 Å². The van der Waals surface area contributed by atoms with Gasteiger partial charge in [-0.05, 0) is 37.6 Å². The molecule has 0 bridgehead atoms. The maximum atomic E-state index is 2.47. The molecular formula is C22H21NS2. The molecule has 4 aromatic rings. The van der Waals surface area contributed by atoms with Crippen molar-refractivity contribution in [3.05, 3.63) is 78.4 Å². The van der Waals surface area contributed by atoms with Gasteiger partial charge in [0, 0.05) is 39.0 Å². The first-order valence-electron chi connectivity index (χ1n) is 8.65. The molecule has 3 aromatic carbocycles. The lowest BCUT2D eigenvalue weighted by molar-refractivity contribution is 0.731. The summed E-state index contributed by atoms with van der Waals surface area (Å²) in [6, 6.07) is 26.3. The van der Waals surface area contributed by atoms with Gasteiger partial charge in [0.25, 0.3) is 0 Å². The van der Waals surface area contributed by atoms with Crippen LogP contribution in [0.4, 0.5) is 0 Å². The lowest BCUT2D eigenvalue weighted by atomic mass is 10.2. The summed E-state index contributed by atoms with van der Waals surface area (Å²) < 4.78 is 2.47. The molecule has 0 aliphatic carbocycles. The Morgan fingerprint density at radius 3 is 2.00 bits per heavy atom. The molecule has 3 heteroatoms. The second-order valence-electron chi connectivity index (χ2n) is 6.26. The van der Waals surface area contributed by atoms with Crippen molar-refractivity contribution in [2.75, 3.05) is 5.75 Å². The molecule has 0 radical (unpaired) electrons. The monoisotopic (exact) mass is 363 g/mol. The third-order valence-corrected chi connectivity index (χ3v) is 6.93. The van der Waals surface area contributed by atoms with Gasteiger partial charge in [0.2, 0.25) is 0 Å². The Balaban J connectivity index is 1.43. The Kier molecular flexibility index (Phi) is 5.04. The second-order valence-corrected chi connectivity index (χ2v) is 8.75. The molecule has 0 saturated heterocycles. The number of rotatable bonds is 6. The number of hydrogen-bond donors (Lipinski definition) is 0. The number of hydrogen-bond acceptors (Lipinski definition) is 2. The predicted octanol–water partition coefficient (Wildman–Crippen LogP) is 6.93. The van der Waals surface area contributed by atoms with E-state index < -0.39 is 0 Å². The average molecular weight is 364 g/mol. The highest BCUT2D eigenvalue weighted by molar-refractivity contribution is 8.76. The molecule has 0 unspecified atom stereocenters. The molecule has 0 atom stereocenters. The van der Waals surface area contributed by atoms with Gasteiger partial charge in [-0.15, -0.1) is 0 Å². The molecule has 0 aliphatic heterocycles. The van der Waals surface area contributed by atoms with Gasteiger partial charge in [0.1, 0.15) is 0 Å². The minimum absolute atomic E-state index is 1.06. The molecule has 0 saturated carbocycles. The first-order valence-corrected chi connectivity index (χ1v) is 11.0. The lowest BCUT2D eigenvalue weighted by Gasteiger charge is -2.07. The van der Waals surface area contributed by atoms with E-state index in [9.17, 15) is 0 Å². The highest BCUT2D eigenvalue weighted by atomic mass is 33.1. The van der Waals surface area contributed by atoms with E-state index in [1.165, 1.54) is 38.7 Å². The zero-order valence-electron chi connectivity index (χ0n) is 14.3. The molecule has 25 heavy (non-hydrogen) atoms. The van der Waals surface area contributed by atoms with Gasteiger partial charge in [-0.1, -0.05) is 75.7 Å². The largest absolute Gasteiger partial charge is 0.340 e. The van der Waals surface area contributed by atoms with Crippen molar-refractivity contribution in [3.8, 4) is 0 Å². The van der Waals surface area contributed by atoms with Gasteiger partial charge in [0.15, 0.2) is 0 Å². The van der Waals surface area contributed by atoms with E-state index in [4.69, 9.17) is 0 Å². The van der Waals surface area contributed by atoms with Crippen LogP contribution in [0.5, 0.6) is 0 Å². The first kappa shape index (κ1) is 16.6. The van der Waals surface area contributed by atoms with Gasteiger partial charge in [-0.25, -0.2) is 0 Å². The highest BCUT2D eigenvalue weighted by Gasteiger charge is 2.08. The zero-order chi connectivity index (χ0) is 17.1. The Morgan fingerprint density at radius 1 is 0.760 bits per heavy atom. The molecule has 4 rings (SSSR count). The SMILES string of the molecule is Cc1ccc(SSCCCn2c3ccccc3c3ccccc32)cc1. The van der Waals surface area contributed by atoms with Crippen molar-refractivity contribution < 1.29 is 0 Å². The van der Waals surface area contributed by atoms with Crippen molar-refractivity contribution in [3.63, 3.8) is 0 Å². The lowest BCUT2D eigenvalue weighted by Crippen LogP contribution is -1.98. The summed E-state index contributed by atoms with van der Waals surface area (Å²) in [5.41, 5.74) is 4.01. The Morgan fingerprint density at radius 2 is 1.36 bits per heavy atom. The van der Waals surface area contributed by atoms with Crippen LogP contribution in [0, 0.1) is 6.92 Å². The van der Waals surface area contributed by atoms with Crippen LogP contribution in [0.15, 0.2) is 77.7 Å². The standard InChI is InChI=1S/C22H21NS2/c1-17-11-13-18(14-12-17)25-24-16-6-15-23-21-9-4-2-7-19(21)20-8-3-5-10-22(20)23/h2-5,7-14H,6,15-16H2,1H3. The molecule has 126 valence electrons. The van der Waals surface area contributed by atoms with Crippen LogP contribution in [-0.2, 0) is 6.54 Å². The van der Waals surface area contributed by atoms with E-state index in [1.807, 2.05) is 21.6 Å². The van der Waals surface area contributed by atoms with Crippen LogP contribution < -0.4 is 0 Å². The summed E-state index contributed by atoms with van der Waals surface area (Å²) in [5.74, 6) is 1.15. The molecule has 0 aliphatic rings. The molecule has 0 spiro atoms. The van der Waals surface area contributed by atoms with E-state index in [1.54, 1.807) is 0 Å².